The van der Waals surface area contributed by atoms with Crippen molar-refractivity contribution in [3.05, 3.63) is 30.6 Å². The van der Waals surface area contributed by atoms with Crippen LogP contribution in [-0.4, -0.2) is 63.7 Å². The summed E-state index contributed by atoms with van der Waals surface area (Å²) in [4.78, 5) is 14.4. The molecule has 1 amide bonds. The molecule has 0 bridgehead atoms. The molecular formula is C17H22N4O3S. The van der Waals surface area contributed by atoms with Crippen LogP contribution in [0.25, 0.3) is 5.69 Å². The zero-order valence-corrected chi connectivity index (χ0v) is 15.4. The molecule has 0 N–H and O–H groups in total. The van der Waals surface area contributed by atoms with Crippen LogP contribution in [0.15, 0.2) is 35.7 Å². The van der Waals surface area contributed by atoms with E-state index in [1.165, 1.54) is 11.8 Å². The lowest BCUT2D eigenvalue weighted by atomic mass is 10.2. The third kappa shape index (κ3) is 4.13. The SMILES string of the molecule is COc1ccccc1-n1cnnc1SCC(=O)N1C[C@H](C)O[C@@H](C)C1. The van der Waals surface area contributed by atoms with Gasteiger partial charge in [-0.1, -0.05) is 23.9 Å². The van der Waals surface area contributed by atoms with Gasteiger partial charge in [0.15, 0.2) is 5.16 Å². The highest BCUT2D eigenvalue weighted by atomic mass is 32.2. The highest BCUT2D eigenvalue weighted by Crippen LogP contribution is 2.26. The molecule has 2 heterocycles. The van der Waals surface area contributed by atoms with Gasteiger partial charge in [-0.05, 0) is 26.0 Å². The Morgan fingerprint density at radius 2 is 2.04 bits per heavy atom. The average Bonchev–Trinajstić information content (AvgIpc) is 3.07. The molecule has 0 saturated carbocycles. The van der Waals surface area contributed by atoms with Crippen LogP contribution < -0.4 is 4.74 Å². The smallest absolute Gasteiger partial charge is 0.233 e. The molecule has 1 aromatic heterocycles. The first-order valence-corrected chi connectivity index (χ1v) is 9.16. The van der Waals surface area contributed by atoms with E-state index in [2.05, 4.69) is 10.2 Å². The van der Waals surface area contributed by atoms with Crippen LogP contribution in [0.3, 0.4) is 0 Å². The zero-order valence-electron chi connectivity index (χ0n) is 14.6. The predicted octanol–water partition coefficient (Wildman–Crippen LogP) is 2.00. The Hall–Kier alpha value is -2.06. The Labute approximate surface area is 151 Å². The summed E-state index contributed by atoms with van der Waals surface area (Å²) in [7, 11) is 1.63. The van der Waals surface area contributed by atoms with Crippen molar-refractivity contribution in [3.8, 4) is 11.4 Å². The predicted molar refractivity (Wildman–Crippen MR) is 95.2 cm³/mol. The molecule has 0 radical (unpaired) electrons. The number of hydrogen-bond acceptors (Lipinski definition) is 6. The maximum atomic E-state index is 12.5. The largest absolute Gasteiger partial charge is 0.495 e. The summed E-state index contributed by atoms with van der Waals surface area (Å²) in [6, 6.07) is 7.64. The van der Waals surface area contributed by atoms with Gasteiger partial charge in [-0.3, -0.25) is 9.36 Å². The second-order valence-electron chi connectivity index (χ2n) is 6.00. The summed E-state index contributed by atoms with van der Waals surface area (Å²) in [5.74, 6) is 1.13. The summed E-state index contributed by atoms with van der Waals surface area (Å²) in [5.41, 5.74) is 0.846. The molecule has 0 aliphatic carbocycles. The van der Waals surface area contributed by atoms with Crippen molar-refractivity contribution in [2.24, 2.45) is 0 Å². The highest BCUT2D eigenvalue weighted by Gasteiger charge is 2.26. The zero-order chi connectivity index (χ0) is 17.8. The van der Waals surface area contributed by atoms with E-state index in [1.54, 1.807) is 13.4 Å². The van der Waals surface area contributed by atoms with Gasteiger partial charge in [-0.15, -0.1) is 10.2 Å². The molecule has 134 valence electrons. The summed E-state index contributed by atoms with van der Waals surface area (Å²) in [5, 5.41) is 8.78. The monoisotopic (exact) mass is 362 g/mol. The van der Waals surface area contributed by atoms with Crippen molar-refractivity contribution in [3.63, 3.8) is 0 Å². The Morgan fingerprint density at radius 1 is 1.32 bits per heavy atom. The quantitative estimate of drug-likeness (QED) is 0.758. The normalized spacial score (nSPS) is 20.5. The lowest BCUT2D eigenvalue weighted by Gasteiger charge is -2.35. The Balaban J connectivity index is 1.69. The van der Waals surface area contributed by atoms with Gasteiger partial charge >= 0.3 is 0 Å². The van der Waals surface area contributed by atoms with Crippen LogP contribution in [0.4, 0.5) is 0 Å². The fraction of sp³-hybridized carbons (Fsp3) is 0.471. The number of nitrogens with zero attached hydrogens (tertiary/aromatic N) is 4. The van der Waals surface area contributed by atoms with Crippen molar-refractivity contribution in [1.29, 1.82) is 0 Å². The van der Waals surface area contributed by atoms with Gasteiger partial charge in [0.1, 0.15) is 12.1 Å². The first-order valence-electron chi connectivity index (χ1n) is 8.18. The number of para-hydroxylation sites is 2. The number of morpholine rings is 1. The molecule has 0 unspecified atom stereocenters. The molecule has 3 rings (SSSR count). The van der Waals surface area contributed by atoms with Crippen LogP contribution in [0.5, 0.6) is 5.75 Å². The number of methoxy groups -OCH3 is 1. The van der Waals surface area contributed by atoms with E-state index in [1.807, 2.05) is 47.6 Å². The van der Waals surface area contributed by atoms with Gasteiger partial charge in [-0.2, -0.15) is 0 Å². The van der Waals surface area contributed by atoms with E-state index in [0.29, 0.717) is 24.0 Å². The van der Waals surface area contributed by atoms with Crippen molar-refractivity contribution in [2.75, 3.05) is 26.0 Å². The van der Waals surface area contributed by atoms with Gasteiger partial charge in [0.25, 0.3) is 0 Å². The number of carbonyl (C=O) groups excluding carboxylic acids is 1. The van der Waals surface area contributed by atoms with Gasteiger partial charge in [0.2, 0.25) is 5.91 Å². The maximum Gasteiger partial charge on any atom is 0.233 e. The standard InChI is InChI=1S/C17H22N4O3S/c1-12-8-20(9-13(2)24-12)16(22)10-25-17-19-18-11-21(17)14-6-4-5-7-15(14)23-3/h4-7,11-13H,8-10H2,1-3H3/t12-,13-/m0/s1. The number of rotatable bonds is 5. The molecule has 1 aromatic carbocycles. The molecule has 1 fully saturated rings. The number of benzene rings is 1. The van der Waals surface area contributed by atoms with Gasteiger partial charge in [-0.25, -0.2) is 0 Å². The Morgan fingerprint density at radius 3 is 2.76 bits per heavy atom. The fourth-order valence-electron chi connectivity index (χ4n) is 2.92. The third-order valence-electron chi connectivity index (χ3n) is 3.96. The van der Waals surface area contributed by atoms with Crippen LogP contribution in [0.1, 0.15) is 13.8 Å². The maximum absolute atomic E-state index is 12.5. The first-order chi connectivity index (χ1) is 12.1. The molecule has 7 nitrogen and oxygen atoms in total. The minimum absolute atomic E-state index is 0.0648. The molecule has 1 saturated heterocycles. The van der Waals surface area contributed by atoms with E-state index < -0.39 is 0 Å². The molecule has 8 heteroatoms. The van der Waals surface area contributed by atoms with Gasteiger partial charge in [0.05, 0.1) is 30.8 Å². The lowest BCUT2D eigenvalue weighted by Crippen LogP contribution is -2.48. The number of ether oxygens (including phenoxy) is 2. The Kier molecular flexibility index (Phi) is 5.60. The van der Waals surface area contributed by atoms with Gasteiger partial charge < -0.3 is 14.4 Å². The highest BCUT2D eigenvalue weighted by molar-refractivity contribution is 7.99. The van der Waals surface area contributed by atoms with Crippen molar-refractivity contribution in [1.82, 2.24) is 19.7 Å². The van der Waals surface area contributed by atoms with Crippen molar-refractivity contribution < 1.29 is 14.3 Å². The van der Waals surface area contributed by atoms with E-state index >= 15 is 0 Å². The minimum atomic E-state index is 0.0648. The van der Waals surface area contributed by atoms with Crippen LogP contribution in [0, 0.1) is 0 Å². The van der Waals surface area contributed by atoms with E-state index in [-0.39, 0.29) is 18.1 Å². The van der Waals surface area contributed by atoms with Crippen molar-refractivity contribution in [2.45, 2.75) is 31.2 Å². The van der Waals surface area contributed by atoms with E-state index in [9.17, 15) is 4.79 Å². The van der Waals surface area contributed by atoms with Crippen LogP contribution >= 0.6 is 11.8 Å². The number of thioether (sulfide) groups is 1. The van der Waals surface area contributed by atoms with E-state index in [0.717, 1.165) is 11.4 Å². The number of aromatic nitrogens is 3. The molecule has 25 heavy (non-hydrogen) atoms. The molecular weight excluding hydrogens is 340 g/mol. The molecule has 2 atom stereocenters. The number of amides is 1. The second-order valence-corrected chi connectivity index (χ2v) is 6.94. The molecule has 1 aliphatic heterocycles. The van der Waals surface area contributed by atoms with Gasteiger partial charge in [0, 0.05) is 13.1 Å². The van der Waals surface area contributed by atoms with Crippen molar-refractivity contribution >= 4 is 17.7 Å². The fourth-order valence-corrected chi connectivity index (χ4v) is 3.74. The number of hydrogen-bond donors (Lipinski definition) is 0. The first kappa shape index (κ1) is 17.8. The average molecular weight is 362 g/mol. The topological polar surface area (TPSA) is 69.5 Å². The van der Waals surface area contributed by atoms with Crippen LogP contribution in [0.2, 0.25) is 0 Å². The van der Waals surface area contributed by atoms with Crippen LogP contribution in [-0.2, 0) is 9.53 Å². The summed E-state index contributed by atoms with van der Waals surface area (Å²) < 4.78 is 12.9. The third-order valence-corrected chi connectivity index (χ3v) is 4.89. The summed E-state index contributed by atoms with van der Waals surface area (Å²) in [6.45, 7) is 5.23. The molecule has 2 aromatic rings. The molecule has 1 aliphatic rings. The second kappa shape index (κ2) is 7.88. The summed E-state index contributed by atoms with van der Waals surface area (Å²) >= 11 is 1.37. The lowest BCUT2D eigenvalue weighted by molar-refractivity contribution is -0.140. The minimum Gasteiger partial charge on any atom is -0.495 e. The Bertz CT molecular complexity index is 726. The number of carbonyl (C=O) groups is 1. The molecule has 0 spiro atoms. The van der Waals surface area contributed by atoms with E-state index in [4.69, 9.17) is 9.47 Å². The summed E-state index contributed by atoms with van der Waals surface area (Å²) in [6.07, 6.45) is 1.76.